The zero-order valence-electron chi connectivity index (χ0n) is 17.0. The van der Waals surface area contributed by atoms with Crippen LogP contribution in [0.2, 0.25) is 0 Å². The first-order chi connectivity index (χ1) is 15.2. The number of benzene rings is 2. The summed E-state index contributed by atoms with van der Waals surface area (Å²) in [6.45, 7) is -0.535. The number of nitrogens with zero attached hydrogens (tertiary/aromatic N) is 1. The number of fused-ring (bicyclic) bond motifs is 1. The molecule has 32 heavy (non-hydrogen) atoms. The normalized spacial score (nSPS) is 26.0. The van der Waals surface area contributed by atoms with Crippen molar-refractivity contribution in [3.05, 3.63) is 48.2 Å². The lowest BCUT2D eigenvalue weighted by Gasteiger charge is -2.37. The summed E-state index contributed by atoms with van der Waals surface area (Å²) < 4.78 is 28.9. The van der Waals surface area contributed by atoms with Gasteiger partial charge in [0.15, 0.2) is 9.84 Å². The van der Waals surface area contributed by atoms with Gasteiger partial charge in [-0.2, -0.15) is 5.10 Å². The summed E-state index contributed by atoms with van der Waals surface area (Å²) in [6.07, 6.45) is -3.81. The van der Waals surface area contributed by atoms with Crippen molar-refractivity contribution in [2.45, 2.75) is 35.4 Å². The molecule has 2 aromatic carbocycles. The highest BCUT2D eigenvalue weighted by Crippen LogP contribution is 2.28. The number of aromatic amines is 1. The maximum atomic E-state index is 11.7. The van der Waals surface area contributed by atoms with Crippen LogP contribution >= 0.6 is 0 Å². The molecule has 168 valence electrons. The molecule has 1 saturated heterocycles. The summed E-state index contributed by atoms with van der Waals surface area (Å²) in [4.78, 5) is 0.216. The Labute approximate surface area is 184 Å². The lowest BCUT2D eigenvalue weighted by molar-refractivity contribution is -0.214. The largest absolute Gasteiger partial charge is 0.394 e. The van der Waals surface area contributed by atoms with Crippen LogP contribution in [-0.2, 0) is 14.6 Å². The van der Waals surface area contributed by atoms with Gasteiger partial charge in [-0.15, -0.1) is 0 Å². The van der Waals surface area contributed by atoms with Gasteiger partial charge in [0.2, 0.25) is 0 Å². The van der Waals surface area contributed by atoms with Crippen LogP contribution in [0.1, 0.15) is 5.56 Å². The van der Waals surface area contributed by atoms with E-state index in [1.165, 1.54) is 12.1 Å². The summed E-state index contributed by atoms with van der Waals surface area (Å²) >= 11 is 0. The molecule has 1 aliphatic rings. The van der Waals surface area contributed by atoms with Crippen LogP contribution in [0.3, 0.4) is 0 Å². The summed E-state index contributed by atoms with van der Waals surface area (Å²) in [5.41, 5.74) is 2.74. The Bertz CT molecular complexity index is 1290. The predicted octanol–water partition coefficient (Wildman–Crippen LogP) is -0.173. The summed E-state index contributed by atoms with van der Waals surface area (Å²) in [7, 11) is -3.31. The van der Waals surface area contributed by atoms with Gasteiger partial charge in [0.05, 0.1) is 28.8 Å². The van der Waals surface area contributed by atoms with Crippen molar-refractivity contribution in [1.82, 2.24) is 10.2 Å². The van der Waals surface area contributed by atoms with Crippen LogP contribution in [0.4, 0.5) is 0 Å². The van der Waals surface area contributed by atoms with Crippen molar-refractivity contribution in [1.29, 1.82) is 0 Å². The molecular weight excluding hydrogens is 436 g/mol. The maximum Gasteiger partial charge on any atom is 0.175 e. The third-order valence-corrected chi connectivity index (χ3v) is 6.53. The Morgan fingerprint density at radius 2 is 1.78 bits per heavy atom. The first-order valence-electron chi connectivity index (χ1n) is 9.78. The first-order valence-corrected chi connectivity index (χ1v) is 11.7. The Morgan fingerprint density at radius 1 is 1.06 bits per heavy atom. The van der Waals surface area contributed by atoms with Crippen LogP contribution in [-0.4, -0.2) is 82.4 Å². The summed E-state index contributed by atoms with van der Waals surface area (Å²) in [5.74, 6) is 5.68. The van der Waals surface area contributed by atoms with Crippen molar-refractivity contribution in [3.8, 4) is 23.0 Å². The quantitative estimate of drug-likeness (QED) is 0.339. The van der Waals surface area contributed by atoms with Gasteiger partial charge < -0.3 is 25.2 Å². The van der Waals surface area contributed by atoms with E-state index in [4.69, 9.17) is 4.74 Å². The number of nitrogens with one attached hydrogen (secondary N) is 1. The van der Waals surface area contributed by atoms with Crippen molar-refractivity contribution in [3.63, 3.8) is 0 Å². The van der Waals surface area contributed by atoms with Gasteiger partial charge >= 0.3 is 0 Å². The molecule has 1 aromatic heterocycles. The number of aromatic nitrogens is 2. The van der Waals surface area contributed by atoms with Crippen LogP contribution in [0.25, 0.3) is 22.0 Å². The molecule has 0 radical (unpaired) electrons. The van der Waals surface area contributed by atoms with Gasteiger partial charge in [-0.3, -0.25) is 5.10 Å². The van der Waals surface area contributed by atoms with E-state index in [2.05, 4.69) is 22.0 Å². The van der Waals surface area contributed by atoms with Gasteiger partial charge in [-0.25, -0.2) is 8.42 Å². The van der Waals surface area contributed by atoms with Gasteiger partial charge in [0, 0.05) is 11.6 Å². The van der Waals surface area contributed by atoms with Crippen LogP contribution < -0.4 is 0 Å². The molecule has 5 N–H and O–H groups in total. The lowest BCUT2D eigenvalue weighted by Crippen LogP contribution is -2.58. The van der Waals surface area contributed by atoms with Crippen molar-refractivity contribution >= 4 is 20.7 Å². The molecule has 0 aliphatic carbocycles. The monoisotopic (exact) mass is 458 g/mol. The number of rotatable bonds is 3. The molecule has 4 unspecified atom stereocenters. The van der Waals surface area contributed by atoms with E-state index in [0.717, 1.165) is 22.8 Å². The minimum absolute atomic E-state index is 0.216. The molecule has 0 bridgehead atoms. The molecule has 3 aromatic rings. The Hall–Kier alpha value is -2.78. The zero-order chi connectivity index (χ0) is 23.0. The van der Waals surface area contributed by atoms with E-state index >= 15 is 0 Å². The second kappa shape index (κ2) is 8.63. The fourth-order valence-electron chi connectivity index (χ4n) is 3.59. The number of ether oxygens (including phenoxy) is 1. The topological polar surface area (TPSA) is 153 Å². The molecule has 9 nitrogen and oxygen atoms in total. The van der Waals surface area contributed by atoms with Crippen LogP contribution in [0.5, 0.6) is 0 Å². The van der Waals surface area contributed by atoms with Gasteiger partial charge in [-0.05, 0) is 35.4 Å². The minimum atomic E-state index is -3.31. The second-order valence-corrected chi connectivity index (χ2v) is 9.69. The summed E-state index contributed by atoms with van der Waals surface area (Å²) in [6, 6.07) is 10.1. The molecule has 5 atom stereocenters. The third-order valence-electron chi connectivity index (χ3n) is 5.41. The van der Waals surface area contributed by atoms with E-state index in [0.29, 0.717) is 11.1 Å². The highest BCUT2D eigenvalue weighted by atomic mass is 32.2. The third kappa shape index (κ3) is 4.27. The molecule has 1 fully saturated rings. The van der Waals surface area contributed by atoms with Crippen LogP contribution in [0, 0.1) is 11.8 Å². The molecule has 0 saturated carbocycles. The van der Waals surface area contributed by atoms with E-state index in [9.17, 15) is 28.8 Å². The van der Waals surface area contributed by atoms with Gasteiger partial charge in [0.25, 0.3) is 0 Å². The number of aliphatic hydroxyl groups excluding tert-OH is 4. The molecule has 2 heterocycles. The Morgan fingerprint density at radius 3 is 2.44 bits per heavy atom. The molecule has 10 heteroatoms. The standard InChI is InChI=1S/C22H22N2O7S/c1-32(29,30)16-5-2-12(3-6-16)14-8-13(19-15(9-14)10-23-24-19)4-7-17-20(26)22(28)21(27)18(11-25)31-17/h2-3,5-6,8-10,17-18,20-22,25-28H,11H2,1H3,(H,23,24)/t17?,18?,20?,21-,22?/m1/s1. The lowest BCUT2D eigenvalue weighted by atomic mass is 9.95. The van der Waals surface area contributed by atoms with Crippen molar-refractivity contribution < 1.29 is 33.6 Å². The molecule has 1 aliphatic heterocycles. The highest BCUT2D eigenvalue weighted by molar-refractivity contribution is 7.90. The molecule has 4 rings (SSSR count). The average molecular weight is 458 g/mol. The SMILES string of the molecule is CS(=O)(=O)c1ccc(-c2cc(C#CC3OC(CO)[C@@H](O)C(O)C3O)c3[nH]ncc3c2)cc1. The highest BCUT2D eigenvalue weighted by Gasteiger charge is 2.42. The van der Waals surface area contributed by atoms with Crippen molar-refractivity contribution in [2.24, 2.45) is 0 Å². The number of H-pyrrole nitrogens is 1. The maximum absolute atomic E-state index is 11.7. The summed E-state index contributed by atoms with van der Waals surface area (Å²) in [5, 5.41) is 47.1. The van der Waals surface area contributed by atoms with E-state index < -0.39 is 47.0 Å². The fourth-order valence-corrected chi connectivity index (χ4v) is 4.22. The predicted molar refractivity (Wildman–Crippen MR) is 115 cm³/mol. The Balaban J connectivity index is 1.71. The van der Waals surface area contributed by atoms with Gasteiger partial charge in [-0.1, -0.05) is 24.0 Å². The zero-order valence-corrected chi connectivity index (χ0v) is 17.8. The number of hydrogen-bond donors (Lipinski definition) is 5. The van der Waals surface area contributed by atoms with E-state index in [-0.39, 0.29) is 4.90 Å². The Kier molecular flexibility index (Phi) is 6.05. The van der Waals surface area contributed by atoms with Crippen molar-refractivity contribution in [2.75, 3.05) is 12.9 Å². The first kappa shape index (κ1) is 22.4. The number of aliphatic hydroxyl groups is 4. The van der Waals surface area contributed by atoms with E-state index in [1.807, 2.05) is 6.07 Å². The fraction of sp³-hybridized carbons (Fsp3) is 0.318. The minimum Gasteiger partial charge on any atom is -0.394 e. The number of hydrogen-bond acceptors (Lipinski definition) is 8. The van der Waals surface area contributed by atoms with E-state index in [1.54, 1.807) is 24.4 Å². The average Bonchev–Trinajstić information content (AvgIpc) is 3.25. The smallest absolute Gasteiger partial charge is 0.175 e. The van der Waals surface area contributed by atoms with Gasteiger partial charge in [0.1, 0.15) is 30.5 Å². The number of sulfone groups is 1. The second-order valence-electron chi connectivity index (χ2n) is 7.67. The van der Waals surface area contributed by atoms with Crippen LogP contribution in [0.15, 0.2) is 47.5 Å². The molecule has 0 amide bonds. The molecule has 0 spiro atoms. The molecular formula is C22H22N2O7S.